The van der Waals surface area contributed by atoms with Gasteiger partial charge in [0.05, 0.1) is 16.9 Å². The Labute approximate surface area is 256 Å². The average molecular weight is 612 g/mol. The van der Waals surface area contributed by atoms with Crippen LogP contribution in [0, 0.1) is 23.2 Å². The first-order valence-corrected chi connectivity index (χ1v) is 15.8. The van der Waals surface area contributed by atoms with Crippen molar-refractivity contribution >= 4 is 45.8 Å². The monoisotopic (exact) mass is 610 g/mol. The minimum Gasteiger partial charge on any atom is -0.340 e. The first-order chi connectivity index (χ1) is 20.0. The van der Waals surface area contributed by atoms with Gasteiger partial charge >= 0.3 is 5.69 Å². The van der Waals surface area contributed by atoms with Crippen LogP contribution in [0.4, 0.5) is 5.69 Å². The number of aromatic nitrogens is 2. The van der Waals surface area contributed by atoms with E-state index in [2.05, 4.69) is 48.2 Å². The number of aryl methyl sites for hydroxylation is 1. The Morgan fingerprint density at radius 1 is 1.12 bits per heavy atom. The highest BCUT2D eigenvalue weighted by molar-refractivity contribution is 6.35. The normalized spacial score (nSPS) is 27.1. The van der Waals surface area contributed by atoms with Crippen molar-refractivity contribution in [1.29, 1.82) is 0 Å². The van der Waals surface area contributed by atoms with Crippen LogP contribution >= 0.6 is 23.2 Å². The molecule has 7 rings (SSSR count). The fraction of sp³-hybridized carbons (Fsp3) is 0.531. The predicted molar refractivity (Wildman–Crippen MR) is 172 cm³/mol. The van der Waals surface area contributed by atoms with E-state index >= 15 is 0 Å². The van der Waals surface area contributed by atoms with E-state index in [0.717, 1.165) is 49.2 Å². The molecule has 3 aliphatic carbocycles. The Balaban J connectivity index is 1.27. The number of piperazine rings is 1. The zero-order chi connectivity index (χ0) is 29.8. The van der Waals surface area contributed by atoms with Gasteiger partial charge in [0.15, 0.2) is 5.96 Å². The highest BCUT2D eigenvalue weighted by Crippen LogP contribution is 2.61. The molecule has 3 N–H and O–H groups in total. The minimum absolute atomic E-state index is 0.210. The highest BCUT2D eigenvalue weighted by atomic mass is 35.5. The third-order valence-corrected chi connectivity index (χ3v) is 10.7. The van der Waals surface area contributed by atoms with E-state index in [9.17, 15) is 9.59 Å². The number of rotatable bonds is 5. The number of benzene rings is 2. The Kier molecular flexibility index (Phi) is 7.92. The molecule has 0 amide bonds. The molecule has 1 aromatic heterocycles. The molecule has 0 unspecified atom stereocenters. The van der Waals surface area contributed by atoms with Crippen LogP contribution < -0.4 is 21.9 Å². The number of H-pyrrole nitrogens is 1. The molecule has 3 saturated carbocycles. The number of fused-ring (bicyclic) bond motifs is 3. The van der Waals surface area contributed by atoms with E-state index in [0.29, 0.717) is 50.7 Å². The molecule has 8 nitrogen and oxygen atoms in total. The molecule has 2 aromatic carbocycles. The van der Waals surface area contributed by atoms with Gasteiger partial charge in [-0.25, -0.2) is 9.79 Å². The van der Waals surface area contributed by atoms with Gasteiger partial charge in [-0.05, 0) is 85.3 Å². The Morgan fingerprint density at radius 2 is 1.93 bits per heavy atom. The fourth-order valence-electron chi connectivity index (χ4n) is 7.39. The van der Waals surface area contributed by atoms with Gasteiger partial charge in [0, 0.05) is 48.0 Å². The van der Waals surface area contributed by atoms with Crippen LogP contribution in [-0.2, 0) is 13.0 Å². The highest BCUT2D eigenvalue weighted by Gasteiger charge is 2.56. The molecule has 10 heteroatoms. The van der Waals surface area contributed by atoms with Crippen LogP contribution in [0.2, 0.25) is 10.0 Å². The largest absolute Gasteiger partial charge is 0.340 e. The van der Waals surface area contributed by atoms with Gasteiger partial charge in [-0.3, -0.25) is 9.36 Å². The molecule has 5 atom stereocenters. The third-order valence-electron chi connectivity index (χ3n) is 10.1. The summed E-state index contributed by atoms with van der Waals surface area (Å²) in [6.07, 6.45) is 2.87. The fourth-order valence-corrected chi connectivity index (χ4v) is 7.89. The number of halogens is 2. The molecule has 42 heavy (non-hydrogen) atoms. The minimum atomic E-state index is -0.447. The number of anilines is 1. The second-order valence-electron chi connectivity index (χ2n) is 13.0. The molecule has 4 fully saturated rings. The summed E-state index contributed by atoms with van der Waals surface area (Å²) in [5.74, 6) is 2.82. The van der Waals surface area contributed by atoms with Gasteiger partial charge in [0.1, 0.15) is 0 Å². The van der Waals surface area contributed by atoms with E-state index in [1.165, 1.54) is 11.0 Å². The number of guanidine groups is 1. The SMILES string of the molecule is C[C@@H]1[C@@H](N=C(Nc2ccc3c(=O)n(CCc4ccc(Cl)cc4Cl)c(=O)[nH]c3c2)N2CCN[C@@H](C)C2)C[C@@H]2C[C@H]1C2(C)C. The zero-order valence-electron chi connectivity index (χ0n) is 24.7. The van der Waals surface area contributed by atoms with E-state index in [-0.39, 0.29) is 18.1 Å². The van der Waals surface area contributed by atoms with Gasteiger partial charge in [-0.15, -0.1) is 0 Å². The topological polar surface area (TPSA) is 94.5 Å². The van der Waals surface area contributed by atoms with Crippen LogP contribution in [0.25, 0.3) is 10.9 Å². The van der Waals surface area contributed by atoms with Crippen LogP contribution in [0.1, 0.15) is 46.1 Å². The van der Waals surface area contributed by atoms with Gasteiger partial charge in [0.25, 0.3) is 5.56 Å². The van der Waals surface area contributed by atoms with Crippen molar-refractivity contribution in [3.8, 4) is 0 Å². The van der Waals surface area contributed by atoms with Crippen LogP contribution in [0.15, 0.2) is 51.0 Å². The molecule has 1 aliphatic heterocycles. The Morgan fingerprint density at radius 3 is 2.64 bits per heavy atom. The molecule has 1 saturated heterocycles. The summed E-state index contributed by atoms with van der Waals surface area (Å²) in [7, 11) is 0. The smallest absolute Gasteiger partial charge is 0.328 e. The second-order valence-corrected chi connectivity index (χ2v) is 13.9. The lowest BCUT2D eigenvalue weighted by Gasteiger charge is -2.61. The number of nitrogens with zero attached hydrogens (tertiary/aromatic N) is 3. The number of hydrogen-bond acceptors (Lipinski definition) is 4. The summed E-state index contributed by atoms with van der Waals surface area (Å²) >= 11 is 12.3. The van der Waals surface area contributed by atoms with Crippen molar-refractivity contribution in [2.75, 3.05) is 25.0 Å². The lowest BCUT2D eigenvalue weighted by Crippen LogP contribution is -2.57. The molecule has 4 aliphatic rings. The summed E-state index contributed by atoms with van der Waals surface area (Å²) in [6, 6.07) is 11.4. The first kappa shape index (κ1) is 29.3. The molecule has 3 aromatic rings. The lowest BCUT2D eigenvalue weighted by molar-refractivity contribution is -0.108. The number of aromatic amines is 1. The van der Waals surface area contributed by atoms with Crippen LogP contribution in [0.5, 0.6) is 0 Å². The molecule has 0 radical (unpaired) electrons. The van der Waals surface area contributed by atoms with Crippen LogP contribution in [0.3, 0.4) is 0 Å². The van der Waals surface area contributed by atoms with Gasteiger partial charge < -0.3 is 20.5 Å². The molecule has 2 bridgehead atoms. The maximum Gasteiger partial charge on any atom is 0.328 e. The van der Waals surface area contributed by atoms with Crippen molar-refractivity contribution < 1.29 is 0 Å². The third kappa shape index (κ3) is 5.49. The molecular weight excluding hydrogens is 571 g/mol. The number of hydrogen-bond donors (Lipinski definition) is 3. The Hall–Kier alpha value is -2.81. The number of nitrogens with one attached hydrogen (secondary N) is 3. The van der Waals surface area contributed by atoms with Gasteiger partial charge in [-0.2, -0.15) is 0 Å². The maximum absolute atomic E-state index is 13.3. The van der Waals surface area contributed by atoms with Crippen molar-refractivity contribution in [2.24, 2.45) is 28.2 Å². The summed E-state index contributed by atoms with van der Waals surface area (Å²) in [5, 5.41) is 8.62. The van der Waals surface area contributed by atoms with E-state index < -0.39 is 5.69 Å². The first-order valence-electron chi connectivity index (χ1n) is 15.0. The van der Waals surface area contributed by atoms with Gasteiger partial charge in [-0.1, -0.05) is 50.0 Å². The average Bonchev–Trinajstić information content (AvgIpc) is 2.94. The van der Waals surface area contributed by atoms with E-state index in [4.69, 9.17) is 28.2 Å². The van der Waals surface area contributed by atoms with Crippen molar-refractivity contribution in [3.05, 3.63) is 72.8 Å². The van der Waals surface area contributed by atoms with E-state index in [1.807, 2.05) is 18.2 Å². The summed E-state index contributed by atoms with van der Waals surface area (Å²) in [4.78, 5) is 37.0. The standard InChI is InChI=1S/C32H40Cl2N6O2/c1-18-17-39(12-10-35-18)30(37-27-14-21-13-25(19(27)2)32(21,3)4)36-23-7-8-24-28(16-23)38-31(42)40(29(24)41)11-9-20-5-6-22(33)15-26(20)34/h5-8,15-16,18-19,21,25,27,35H,9-14,17H2,1-4H3,(H,36,37)(H,38,42)/t18-,19-,21-,25+,27-/m0/s1. The summed E-state index contributed by atoms with van der Waals surface area (Å²) in [6.45, 7) is 12.2. The van der Waals surface area contributed by atoms with Gasteiger partial charge in [0.2, 0.25) is 0 Å². The van der Waals surface area contributed by atoms with Crippen LogP contribution in [-0.4, -0.2) is 52.1 Å². The summed E-state index contributed by atoms with van der Waals surface area (Å²) in [5.41, 5.74) is 1.75. The van der Waals surface area contributed by atoms with E-state index in [1.54, 1.807) is 18.2 Å². The zero-order valence-corrected chi connectivity index (χ0v) is 26.2. The quantitative estimate of drug-likeness (QED) is 0.267. The van der Waals surface area contributed by atoms with Crippen molar-refractivity contribution in [3.63, 3.8) is 0 Å². The molecule has 224 valence electrons. The summed E-state index contributed by atoms with van der Waals surface area (Å²) < 4.78 is 1.23. The maximum atomic E-state index is 13.3. The number of aliphatic imine (C=N–C) groups is 1. The van der Waals surface area contributed by atoms with Crippen molar-refractivity contribution in [1.82, 2.24) is 19.8 Å². The van der Waals surface area contributed by atoms with Crippen molar-refractivity contribution in [2.45, 2.75) is 65.6 Å². The Bertz CT molecular complexity index is 1650. The molecule has 2 heterocycles. The second kappa shape index (κ2) is 11.4. The molecule has 0 spiro atoms. The molecular formula is C32H40Cl2N6O2. The lowest BCUT2D eigenvalue weighted by atomic mass is 9.45. The predicted octanol–water partition coefficient (Wildman–Crippen LogP) is 5.37.